The Morgan fingerprint density at radius 3 is 2.24 bits per heavy atom. The number of amides is 2. The number of benzene rings is 2. The van der Waals surface area contributed by atoms with Gasteiger partial charge in [-0.25, -0.2) is 0 Å². The van der Waals surface area contributed by atoms with E-state index in [1.165, 1.54) is 12.1 Å². The summed E-state index contributed by atoms with van der Waals surface area (Å²) in [5.41, 5.74) is 1.71. The predicted molar refractivity (Wildman–Crippen MR) is 145 cm³/mol. The van der Waals surface area contributed by atoms with Gasteiger partial charge >= 0.3 is 6.61 Å². The quantitative estimate of drug-likeness (QED) is 0.429. The van der Waals surface area contributed by atoms with Gasteiger partial charge in [-0.3, -0.25) is 9.59 Å². The molecule has 4 rings (SSSR count). The number of halogens is 3. The van der Waals surface area contributed by atoms with E-state index in [0.29, 0.717) is 13.1 Å². The van der Waals surface area contributed by atoms with Gasteiger partial charge in [-0.2, -0.15) is 8.78 Å². The van der Waals surface area contributed by atoms with E-state index in [-0.39, 0.29) is 47.3 Å². The van der Waals surface area contributed by atoms with Crippen molar-refractivity contribution in [1.29, 1.82) is 0 Å². The molecule has 1 spiro atoms. The van der Waals surface area contributed by atoms with Crippen LogP contribution < -0.4 is 10.1 Å². The summed E-state index contributed by atoms with van der Waals surface area (Å²) in [5, 5.41) is 3.20. The second kappa shape index (κ2) is 13.4. The van der Waals surface area contributed by atoms with Crippen LogP contribution in [0.15, 0.2) is 54.6 Å². The maximum absolute atomic E-state index is 13.4. The molecule has 0 unspecified atom stereocenters. The topological polar surface area (TPSA) is 61.9 Å². The molecule has 2 aromatic rings. The molecule has 0 aromatic heterocycles. The Morgan fingerprint density at radius 1 is 1.00 bits per heavy atom. The Labute approximate surface area is 230 Å². The monoisotopic (exact) mass is 549 g/mol. The average molecular weight is 550 g/mol. The summed E-state index contributed by atoms with van der Waals surface area (Å²) in [5.74, 6) is 0.306. The van der Waals surface area contributed by atoms with Crippen molar-refractivity contribution in [2.75, 3.05) is 26.2 Å². The second-order valence-corrected chi connectivity index (χ2v) is 10.5. The average Bonchev–Trinajstić information content (AvgIpc) is 3.18. The number of ether oxygens (including phenoxy) is 1. The fourth-order valence-electron chi connectivity index (χ4n) is 5.37. The second-order valence-electron chi connectivity index (χ2n) is 10.5. The Bertz CT molecular complexity index is 1040. The lowest BCUT2D eigenvalue weighted by molar-refractivity contribution is -0.139. The molecular formula is C29H38ClF2N3O3. The normalized spacial score (nSPS) is 18.1. The summed E-state index contributed by atoms with van der Waals surface area (Å²) >= 11 is 0. The van der Waals surface area contributed by atoms with Crippen molar-refractivity contribution in [3.8, 4) is 5.75 Å². The molecule has 0 saturated carbocycles. The molecule has 2 aliphatic heterocycles. The number of carbonyl (C=O) groups excluding carboxylic acids is 2. The first-order valence-electron chi connectivity index (χ1n) is 13.2. The van der Waals surface area contributed by atoms with Gasteiger partial charge in [0, 0.05) is 25.6 Å². The van der Waals surface area contributed by atoms with Crippen molar-refractivity contribution in [2.45, 2.75) is 58.7 Å². The van der Waals surface area contributed by atoms with Crippen LogP contribution in [0, 0.1) is 11.3 Å². The van der Waals surface area contributed by atoms with E-state index in [1.54, 1.807) is 12.1 Å². The third-order valence-corrected chi connectivity index (χ3v) is 7.71. The van der Waals surface area contributed by atoms with Gasteiger partial charge in [0.05, 0.1) is 11.5 Å². The van der Waals surface area contributed by atoms with Crippen LogP contribution in [0.4, 0.5) is 8.78 Å². The summed E-state index contributed by atoms with van der Waals surface area (Å²) in [4.78, 5) is 30.1. The van der Waals surface area contributed by atoms with Crippen molar-refractivity contribution in [1.82, 2.24) is 15.1 Å². The van der Waals surface area contributed by atoms with Crippen molar-refractivity contribution >= 4 is 24.2 Å². The molecule has 0 aliphatic carbocycles. The SMILES string of the molecule is CC(C)C(=O)N[C@@H](CCN1CCC2(CC1)CCN(Cc1ccc(OC(F)F)cc1)C2=O)c1ccccc1.Cl. The highest BCUT2D eigenvalue weighted by molar-refractivity contribution is 5.85. The fourth-order valence-corrected chi connectivity index (χ4v) is 5.37. The number of likely N-dealkylation sites (tertiary alicyclic amines) is 2. The van der Waals surface area contributed by atoms with Gasteiger partial charge in [0.25, 0.3) is 0 Å². The van der Waals surface area contributed by atoms with Gasteiger partial charge in [0.15, 0.2) is 0 Å². The zero-order chi connectivity index (χ0) is 26.4. The fraction of sp³-hybridized carbons (Fsp3) is 0.517. The highest BCUT2D eigenvalue weighted by atomic mass is 35.5. The first-order chi connectivity index (χ1) is 17.8. The standard InChI is InChI=1S/C29H37F2N3O3.ClH/c1-21(2)26(35)32-25(23-6-4-3-5-7-23)12-16-33-17-13-29(14-18-33)15-19-34(27(29)36)20-22-8-10-24(11-9-22)37-28(30)31;/h3-11,21,25,28H,12-20H2,1-2H3,(H,32,35);1H/t25-;/m0./s1. The molecule has 2 saturated heterocycles. The third kappa shape index (κ3) is 7.44. The van der Waals surface area contributed by atoms with Gasteiger partial charge in [0.2, 0.25) is 11.8 Å². The first-order valence-corrected chi connectivity index (χ1v) is 13.2. The van der Waals surface area contributed by atoms with Crippen LogP contribution in [0.1, 0.15) is 56.7 Å². The number of nitrogens with one attached hydrogen (secondary N) is 1. The highest BCUT2D eigenvalue weighted by Crippen LogP contribution is 2.42. The third-order valence-electron chi connectivity index (χ3n) is 7.71. The molecule has 2 aliphatic rings. The Morgan fingerprint density at radius 2 is 1.63 bits per heavy atom. The van der Waals surface area contributed by atoms with Crippen molar-refractivity contribution in [3.63, 3.8) is 0 Å². The molecule has 0 bridgehead atoms. The molecule has 9 heteroatoms. The number of rotatable bonds is 10. The van der Waals surface area contributed by atoms with Crippen LogP contribution in [0.2, 0.25) is 0 Å². The first kappa shape index (κ1) is 29.8. The van der Waals surface area contributed by atoms with E-state index in [0.717, 1.165) is 56.4 Å². The predicted octanol–water partition coefficient (Wildman–Crippen LogP) is 5.43. The van der Waals surface area contributed by atoms with Crippen molar-refractivity contribution in [3.05, 3.63) is 65.7 Å². The Kier molecular flexibility index (Phi) is 10.5. The summed E-state index contributed by atoms with van der Waals surface area (Å²) in [6, 6.07) is 16.6. The summed E-state index contributed by atoms with van der Waals surface area (Å²) in [6.45, 7) is 4.73. The molecule has 1 N–H and O–H groups in total. The van der Waals surface area contributed by atoms with Crippen LogP contribution in [0.5, 0.6) is 5.75 Å². The molecule has 6 nitrogen and oxygen atoms in total. The van der Waals surface area contributed by atoms with E-state index in [9.17, 15) is 18.4 Å². The van der Waals surface area contributed by atoms with E-state index in [2.05, 4.69) is 27.1 Å². The maximum atomic E-state index is 13.4. The molecule has 208 valence electrons. The maximum Gasteiger partial charge on any atom is 0.387 e. The Balaban J connectivity index is 0.00000400. The van der Waals surface area contributed by atoms with Crippen LogP contribution in [-0.4, -0.2) is 54.4 Å². The molecule has 38 heavy (non-hydrogen) atoms. The zero-order valence-corrected chi connectivity index (χ0v) is 22.9. The van der Waals surface area contributed by atoms with Crippen LogP contribution >= 0.6 is 12.4 Å². The molecule has 2 fully saturated rings. The smallest absolute Gasteiger partial charge is 0.387 e. The zero-order valence-electron chi connectivity index (χ0n) is 22.1. The summed E-state index contributed by atoms with van der Waals surface area (Å²) < 4.78 is 29.2. The van der Waals surface area contributed by atoms with Crippen LogP contribution in [-0.2, 0) is 16.1 Å². The number of hydrogen-bond acceptors (Lipinski definition) is 4. The molecule has 2 amide bonds. The number of piperidine rings is 1. The molecular weight excluding hydrogens is 512 g/mol. The van der Waals surface area contributed by atoms with Gasteiger partial charge in [-0.1, -0.05) is 56.3 Å². The van der Waals surface area contributed by atoms with Gasteiger partial charge in [-0.15, -0.1) is 12.4 Å². The highest BCUT2D eigenvalue weighted by Gasteiger charge is 2.47. The lowest BCUT2D eigenvalue weighted by Gasteiger charge is -2.38. The van der Waals surface area contributed by atoms with E-state index >= 15 is 0 Å². The van der Waals surface area contributed by atoms with E-state index in [1.807, 2.05) is 36.9 Å². The minimum Gasteiger partial charge on any atom is -0.435 e. The Hall–Kier alpha value is -2.71. The van der Waals surface area contributed by atoms with Crippen LogP contribution in [0.25, 0.3) is 0 Å². The minimum atomic E-state index is -2.85. The number of carbonyl (C=O) groups is 2. The summed E-state index contributed by atoms with van der Waals surface area (Å²) in [6.07, 6.45) is 3.33. The molecule has 2 heterocycles. The number of alkyl halides is 2. The minimum absolute atomic E-state index is 0. The van der Waals surface area contributed by atoms with E-state index in [4.69, 9.17) is 0 Å². The van der Waals surface area contributed by atoms with Gasteiger partial charge in [-0.05, 0) is 62.0 Å². The van der Waals surface area contributed by atoms with Gasteiger partial charge in [0.1, 0.15) is 5.75 Å². The summed E-state index contributed by atoms with van der Waals surface area (Å²) in [7, 11) is 0. The van der Waals surface area contributed by atoms with E-state index < -0.39 is 6.61 Å². The molecule has 0 radical (unpaired) electrons. The largest absolute Gasteiger partial charge is 0.435 e. The molecule has 2 aromatic carbocycles. The number of hydrogen-bond donors (Lipinski definition) is 1. The number of nitrogens with zero attached hydrogens (tertiary/aromatic N) is 2. The van der Waals surface area contributed by atoms with Crippen LogP contribution in [0.3, 0.4) is 0 Å². The lowest BCUT2D eigenvalue weighted by Crippen LogP contribution is -2.45. The van der Waals surface area contributed by atoms with Crippen molar-refractivity contribution < 1.29 is 23.1 Å². The van der Waals surface area contributed by atoms with Crippen molar-refractivity contribution in [2.24, 2.45) is 11.3 Å². The molecule has 1 atom stereocenters. The lowest BCUT2D eigenvalue weighted by atomic mass is 9.77. The van der Waals surface area contributed by atoms with Gasteiger partial charge < -0.3 is 19.9 Å².